The molecular formula is C12H18BNO4S. The minimum atomic E-state index is -3.48. The van der Waals surface area contributed by atoms with Crippen LogP contribution in [0.4, 0.5) is 0 Å². The van der Waals surface area contributed by atoms with Gasteiger partial charge in [0.1, 0.15) is 0 Å². The highest BCUT2D eigenvalue weighted by molar-refractivity contribution is 7.89. The second-order valence-electron chi connectivity index (χ2n) is 4.90. The Hall–Kier alpha value is -0.885. The Labute approximate surface area is 114 Å². The van der Waals surface area contributed by atoms with E-state index < -0.39 is 17.1 Å². The molecular weight excluding hydrogens is 265 g/mol. The average Bonchev–Trinajstić information content (AvgIpc) is 2.39. The van der Waals surface area contributed by atoms with Crippen LogP contribution in [0.2, 0.25) is 0 Å². The molecule has 0 saturated carbocycles. The van der Waals surface area contributed by atoms with Crippen LogP contribution in [0, 0.1) is 0 Å². The Balaban J connectivity index is 2.28. The molecule has 2 N–H and O–H groups in total. The van der Waals surface area contributed by atoms with Crippen LogP contribution in [-0.2, 0) is 10.0 Å². The predicted molar refractivity (Wildman–Crippen MR) is 73.5 cm³/mol. The van der Waals surface area contributed by atoms with E-state index in [2.05, 4.69) is 0 Å². The first-order valence-electron chi connectivity index (χ1n) is 6.41. The summed E-state index contributed by atoms with van der Waals surface area (Å²) in [4.78, 5) is 0.200. The molecule has 0 radical (unpaired) electrons. The van der Waals surface area contributed by atoms with Gasteiger partial charge in [-0.15, -0.1) is 0 Å². The first-order chi connectivity index (χ1) is 8.93. The lowest BCUT2D eigenvalue weighted by molar-refractivity contribution is 0.268. The smallest absolute Gasteiger partial charge is 0.423 e. The number of benzene rings is 1. The van der Waals surface area contributed by atoms with Gasteiger partial charge in [-0.3, -0.25) is 0 Å². The van der Waals surface area contributed by atoms with E-state index in [9.17, 15) is 8.42 Å². The fourth-order valence-corrected chi connectivity index (χ4v) is 4.08. The molecule has 1 fully saturated rings. The van der Waals surface area contributed by atoms with Gasteiger partial charge in [-0.2, -0.15) is 4.31 Å². The first kappa shape index (κ1) is 14.5. The standard InChI is InChI=1S/C12H18BNO4S/c1-10-4-2-3-9-14(10)19(17,18)12-7-5-11(6-8-12)13(15)16/h5-8,10,15-16H,2-4,9H2,1H3/t10-/m1/s1. The summed E-state index contributed by atoms with van der Waals surface area (Å²) in [5.74, 6) is 0. The summed E-state index contributed by atoms with van der Waals surface area (Å²) in [6.07, 6.45) is 2.83. The summed E-state index contributed by atoms with van der Waals surface area (Å²) in [6, 6.07) is 5.71. The van der Waals surface area contributed by atoms with Crippen LogP contribution in [0.1, 0.15) is 26.2 Å². The number of rotatable bonds is 3. The molecule has 1 aromatic carbocycles. The molecule has 0 spiro atoms. The monoisotopic (exact) mass is 283 g/mol. The second kappa shape index (κ2) is 5.62. The van der Waals surface area contributed by atoms with Crippen molar-refractivity contribution in [3.05, 3.63) is 24.3 Å². The normalized spacial score (nSPS) is 21.3. The highest BCUT2D eigenvalue weighted by atomic mass is 32.2. The van der Waals surface area contributed by atoms with Crippen molar-refractivity contribution in [2.45, 2.75) is 37.1 Å². The van der Waals surface area contributed by atoms with Gasteiger partial charge in [0.25, 0.3) is 0 Å². The van der Waals surface area contributed by atoms with Crippen molar-refractivity contribution in [3.8, 4) is 0 Å². The minimum absolute atomic E-state index is 0.0156. The van der Waals surface area contributed by atoms with Crippen molar-refractivity contribution < 1.29 is 18.5 Å². The molecule has 0 amide bonds. The Bertz CT molecular complexity index is 529. The fourth-order valence-electron chi connectivity index (χ4n) is 2.38. The maximum Gasteiger partial charge on any atom is 0.488 e. The third-order valence-electron chi connectivity index (χ3n) is 3.53. The molecule has 1 aromatic rings. The van der Waals surface area contributed by atoms with E-state index in [0.29, 0.717) is 6.54 Å². The van der Waals surface area contributed by atoms with Crippen molar-refractivity contribution in [1.29, 1.82) is 0 Å². The third-order valence-corrected chi connectivity index (χ3v) is 5.55. The number of nitrogens with zero attached hydrogens (tertiary/aromatic N) is 1. The van der Waals surface area contributed by atoms with Gasteiger partial charge < -0.3 is 10.0 Å². The van der Waals surface area contributed by atoms with Crippen molar-refractivity contribution >= 4 is 22.6 Å². The van der Waals surface area contributed by atoms with E-state index in [-0.39, 0.29) is 16.4 Å². The minimum Gasteiger partial charge on any atom is -0.423 e. The van der Waals surface area contributed by atoms with Crippen molar-refractivity contribution in [3.63, 3.8) is 0 Å². The number of sulfonamides is 1. The second-order valence-corrected chi connectivity index (χ2v) is 6.79. The van der Waals surface area contributed by atoms with E-state index in [4.69, 9.17) is 10.0 Å². The van der Waals surface area contributed by atoms with Gasteiger partial charge in [0.05, 0.1) is 4.90 Å². The molecule has 0 bridgehead atoms. The molecule has 1 atom stereocenters. The number of hydrogen-bond donors (Lipinski definition) is 2. The summed E-state index contributed by atoms with van der Waals surface area (Å²) < 4.78 is 26.5. The zero-order chi connectivity index (χ0) is 14.0. The predicted octanol–water partition coefficient (Wildman–Crippen LogP) is -0.0705. The Morgan fingerprint density at radius 1 is 1.21 bits per heavy atom. The van der Waals surface area contributed by atoms with Crippen molar-refractivity contribution in [2.24, 2.45) is 0 Å². The average molecular weight is 283 g/mol. The van der Waals surface area contributed by atoms with Gasteiger partial charge in [-0.25, -0.2) is 8.42 Å². The maximum atomic E-state index is 12.5. The lowest BCUT2D eigenvalue weighted by atomic mass is 9.81. The van der Waals surface area contributed by atoms with Crippen LogP contribution in [0.25, 0.3) is 0 Å². The van der Waals surface area contributed by atoms with Gasteiger partial charge in [0.15, 0.2) is 0 Å². The molecule has 0 aromatic heterocycles. The third kappa shape index (κ3) is 3.00. The summed E-state index contributed by atoms with van der Waals surface area (Å²) in [5.41, 5.74) is 0.283. The highest BCUT2D eigenvalue weighted by Gasteiger charge is 2.30. The molecule has 1 aliphatic heterocycles. The molecule has 1 saturated heterocycles. The largest absolute Gasteiger partial charge is 0.488 e. The summed E-state index contributed by atoms with van der Waals surface area (Å²) in [7, 11) is -5.06. The van der Waals surface area contributed by atoms with Crippen LogP contribution < -0.4 is 5.46 Å². The van der Waals surface area contributed by atoms with Gasteiger partial charge in [0, 0.05) is 12.6 Å². The highest BCUT2D eigenvalue weighted by Crippen LogP contribution is 2.24. The van der Waals surface area contributed by atoms with E-state index in [1.165, 1.54) is 28.6 Å². The first-order valence-corrected chi connectivity index (χ1v) is 7.85. The Morgan fingerprint density at radius 2 is 1.84 bits per heavy atom. The van der Waals surface area contributed by atoms with Crippen LogP contribution in [-0.4, -0.2) is 42.5 Å². The van der Waals surface area contributed by atoms with Gasteiger partial charge in [0.2, 0.25) is 10.0 Å². The molecule has 0 unspecified atom stereocenters. The van der Waals surface area contributed by atoms with E-state index >= 15 is 0 Å². The maximum absolute atomic E-state index is 12.5. The zero-order valence-electron chi connectivity index (χ0n) is 10.9. The Kier molecular flexibility index (Phi) is 4.30. The van der Waals surface area contributed by atoms with E-state index in [1.54, 1.807) is 0 Å². The molecule has 1 heterocycles. The van der Waals surface area contributed by atoms with Crippen LogP contribution in [0.5, 0.6) is 0 Å². The van der Waals surface area contributed by atoms with E-state index in [1.807, 2.05) is 6.92 Å². The van der Waals surface area contributed by atoms with Crippen molar-refractivity contribution in [1.82, 2.24) is 4.31 Å². The quantitative estimate of drug-likeness (QED) is 0.761. The van der Waals surface area contributed by atoms with Crippen LogP contribution in [0.3, 0.4) is 0 Å². The lowest BCUT2D eigenvalue weighted by Crippen LogP contribution is -2.42. The number of hydrogen-bond acceptors (Lipinski definition) is 4. The summed E-state index contributed by atoms with van der Waals surface area (Å²) in [5, 5.41) is 18.0. The van der Waals surface area contributed by atoms with Gasteiger partial charge in [-0.1, -0.05) is 18.6 Å². The Morgan fingerprint density at radius 3 is 2.37 bits per heavy atom. The SMILES string of the molecule is C[C@@H]1CCCCN1S(=O)(=O)c1ccc(B(O)O)cc1. The summed E-state index contributed by atoms with van der Waals surface area (Å²) >= 11 is 0. The van der Waals surface area contributed by atoms with Crippen LogP contribution >= 0.6 is 0 Å². The molecule has 5 nitrogen and oxygen atoms in total. The summed E-state index contributed by atoms with van der Waals surface area (Å²) in [6.45, 7) is 2.47. The van der Waals surface area contributed by atoms with Crippen molar-refractivity contribution in [2.75, 3.05) is 6.54 Å². The van der Waals surface area contributed by atoms with Crippen LogP contribution in [0.15, 0.2) is 29.2 Å². The molecule has 1 aliphatic rings. The molecule has 104 valence electrons. The lowest BCUT2D eigenvalue weighted by Gasteiger charge is -2.32. The zero-order valence-corrected chi connectivity index (χ0v) is 11.7. The molecule has 7 heteroatoms. The topological polar surface area (TPSA) is 77.8 Å². The molecule has 2 rings (SSSR count). The van der Waals surface area contributed by atoms with Gasteiger partial charge in [-0.05, 0) is 37.4 Å². The van der Waals surface area contributed by atoms with Gasteiger partial charge >= 0.3 is 7.12 Å². The molecule has 0 aliphatic carbocycles. The number of piperidine rings is 1. The fraction of sp³-hybridized carbons (Fsp3) is 0.500. The molecule has 19 heavy (non-hydrogen) atoms. The van der Waals surface area contributed by atoms with E-state index in [0.717, 1.165) is 19.3 Å².